The van der Waals surface area contributed by atoms with Crippen molar-refractivity contribution in [2.45, 2.75) is 6.54 Å². The van der Waals surface area contributed by atoms with Crippen LogP contribution in [0.2, 0.25) is 5.02 Å². The zero-order valence-corrected chi connectivity index (χ0v) is 15.9. The van der Waals surface area contributed by atoms with Gasteiger partial charge >= 0.3 is 12.0 Å². The normalized spacial score (nSPS) is 13.9. The second-order valence-electron chi connectivity index (χ2n) is 6.27. The molecule has 1 heterocycles. The van der Waals surface area contributed by atoms with Crippen molar-refractivity contribution in [1.82, 2.24) is 10.2 Å². The Labute approximate surface area is 163 Å². The molecule has 0 unspecified atom stereocenters. The lowest BCUT2D eigenvalue weighted by Gasteiger charge is -2.33. The van der Waals surface area contributed by atoms with Gasteiger partial charge in [0.25, 0.3) is 0 Å². The van der Waals surface area contributed by atoms with Crippen molar-refractivity contribution in [1.29, 1.82) is 0 Å². The van der Waals surface area contributed by atoms with E-state index < -0.39 is 0 Å². The Bertz CT molecular complexity index is 804. The van der Waals surface area contributed by atoms with Gasteiger partial charge in [-0.3, -0.25) is 4.90 Å². The summed E-state index contributed by atoms with van der Waals surface area (Å²) in [5.41, 5.74) is 2.12. The first-order chi connectivity index (χ1) is 13.1. The van der Waals surface area contributed by atoms with E-state index in [1.54, 1.807) is 29.2 Å². The van der Waals surface area contributed by atoms with Crippen molar-refractivity contribution in [3.8, 4) is 0 Å². The summed E-state index contributed by atoms with van der Waals surface area (Å²) in [6.45, 7) is 3.27. The van der Waals surface area contributed by atoms with Crippen molar-refractivity contribution in [3.05, 3.63) is 64.7 Å². The summed E-state index contributed by atoms with van der Waals surface area (Å²) in [5, 5.41) is 3.83. The van der Waals surface area contributed by atoms with Gasteiger partial charge in [-0.25, -0.2) is 9.59 Å². The van der Waals surface area contributed by atoms with Crippen molar-refractivity contribution < 1.29 is 14.3 Å². The Kier molecular flexibility index (Phi) is 6.32. The number of urea groups is 1. The molecule has 2 aromatic rings. The van der Waals surface area contributed by atoms with Gasteiger partial charge in [0, 0.05) is 36.9 Å². The minimum absolute atomic E-state index is 0.0594. The van der Waals surface area contributed by atoms with Crippen LogP contribution in [-0.4, -0.2) is 50.2 Å². The summed E-state index contributed by atoms with van der Waals surface area (Å²) >= 11 is 6.14. The van der Waals surface area contributed by atoms with E-state index in [0.717, 1.165) is 24.3 Å². The summed E-state index contributed by atoms with van der Waals surface area (Å²) in [6.07, 6.45) is 0. The molecule has 0 bridgehead atoms. The van der Waals surface area contributed by atoms with Gasteiger partial charge < -0.3 is 15.0 Å². The maximum atomic E-state index is 13.1. The van der Waals surface area contributed by atoms with E-state index in [0.29, 0.717) is 30.2 Å². The van der Waals surface area contributed by atoms with Gasteiger partial charge in [0.05, 0.1) is 19.2 Å². The van der Waals surface area contributed by atoms with Gasteiger partial charge in [-0.15, -0.1) is 0 Å². The molecule has 3 rings (SSSR count). The van der Waals surface area contributed by atoms with Crippen molar-refractivity contribution in [3.63, 3.8) is 0 Å². The molecular weight excluding hydrogens is 366 g/mol. The lowest BCUT2D eigenvalue weighted by molar-refractivity contribution is 0.0600. The van der Waals surface area contributed by atoms with Crippen LogP contribution >= 0.6 is 11.6 Å². The first kappa shape index (κ1) is 19.2. The Balaban J connectivity index is 1.85. The summed E-state index contributed by atoms with van der Waals surface area (Å²) < 4.78 is 4.73. The number of hydrogen-bond donors (Lipinski definition) is 1. The van der Waals surface area contributed by atoms with Crippen LogP contribution in [0.3, 0.4) is 0 Å². The molecule has 1 aliphatic rings. The molecule has 0 spiro atoms. The lowest BCUT2D eigenvalue weighted by Crippen LogP contribution is -2.51. The fourth-order valence-electron chi connectivity index (χ4n) is 2.99. The third-order valence-corrected chi connectivity index (χ3v) is 4.69. The lowest BCUT2D eigenvalue weighted by atomic mass is 10.1. The molecule has 0 saturated carbocycles. The summed E-state index contributed by atoms with van der Waals surface area (Å²) in [5.74, 6) is -0.384. The number of amides is 2. The Morgan fingerprint density at radius 2 is 1.85 bits per heavy atom. The van der Waals surface area contributed by atoms with Gasteiger partial charge in [0.1, 0.15) is 0 Å². The zero-order valence-electron chi connectivity index (χ0n) is 15.2. The average Bonchev–Trinajstić information content (AvgIpc) is 2.72. The van der Waals surface area contributed by atoms with Crippen molar-refractivity contribution in [2.75, 3.05) is 38.2 Å². The van der Waals surface area contributed by atoms with Crippen molar-refractivity contribution in [2.24, 2.45) is 0 Å². The number of carbonyl (C=O) groups excluding carboxylic acids is 2. The van der Waals surface area contributed by atoms with Crippen LogP contribution in [0.5, 0.6) is 0 Å². The number of methoxy groups -OCH3 is 1. The third kappa shape index (κ3) is 4.78. The predicted octanol–water partition coefficient (Wildman–Crippen LogP) is 3.16. The molecule has 0 radical (unpaired) electrons. The summed E-state index contributed by atoms with van der Waals surface area (Å²) in [6, 6.07) is 14.3. The topological polar surface area (TPSA) is 61.9 Å². The number of ether oxygens (including phenoxy) is 1. The monoisotopic (exact) mass is 387 g/mol. The predicted molar refractivity (Wildman–Crippen MR) is 105 cm³/mol. The van der Waals surface area contributed by atoms with Crippen molar-refractivity contribution >= 4 is 29.3 Å². The molecule has 1 fully saturated rings. The number of nitrogens with one attached hydrogen (secondary N) is 1. The highest BCUT2D eigenvalue weighted by molar-refractivity contribution is 6.30. The average molecular weight is 388 g/mol. The first-order valence-electron chi connectivity index (χ1n) is 8.78. The highest BCUT2D eigenvalue weighted by atomic mass is 35.5. The van der Waals surface area contributed by atoms with Gasteiger partial charge in [-0.2, -0.15) is 0 Å². The maximum absolute atomic E-state index is 13.1. The summed E-state index contributed by atoms with van der Waals surface area (Å²) in [4.78, 5) is 28.3. The molecule has 1 aliphatic heterocycles. The highest BCUT2D eigenvalue weighted by Gasteiger charge is 2.24. The third-order valence-electron chi connectivity index (χ3n) is 4.45. The van der Waals surface area contributed by atoms with E-state index in [1.165, 1.54) is 7.11 Å². The van der Waals surface area contributed by atoms with Crippen LogP contribution in [-0.2, 0) is 11.3 Å². The second-order valence-corrected chi connectivity index (χ2v) is 6.71. The summed E-state index contributed by atoms with van der Waals surface area (Å²) in [7, 11) is 1.35. The number of benzene rings is 2. The molecule has 2 aromatic carbocycles. The van der Waals surface area contributed by atoms with E-state index in [4.69, 9.17) is 16.3 Å². The highest BCUT2D eigenvalue weighted by Crippen LogP contribution is 2.23. The Morgan fingerprint density at radius 1 is 1.15 bits per heavy atom. The van der Waals surface area contributed by atoms with E-state index in [-0.39, 0.29) is 12.0 Å². The molecule has 27 heavy (non-hydrogen) atoms. The largest absolute Gasteiger partial charge is 0.465 e. The number of hydrogen-bond acceptors (Lipinski definition) is 4. The van der Waals surface area contributed by atoms with E-state index in [2.05, 4.69) is 5.32 Å². The Hall–Kier alpha value is -2.57. The fraction of sp³-hybridized carbons (Fsp3) is 0.300. The van der Waals surface area contributed by atoms with Crippen LogP contribution in [0.4, 0.5) is 10.5 Å². The van der Waals surface area contributed by atoms with Crippen LogP contribution in [0, 0.1) is 0 Å². The molecule has 142 valence electrons. The Morgan fingerprint density at radius 3 is 2.48 bits per heavy atom. The van der Waals surface area contributed by atoms with E-state index in [9.17, 15) is 9.59 Å². The number of nitrogens with zero attached hydrogens (tertiary/aromatic N) is 2. The number of halogens is 1. The van der Waals surface area contributed by atoms with Crippen LogP contribution < -0.4 is 10.2 Å². The quantitative estimate of drug-likeness (QED) is 0.818. The van der Waals surface area contributed by atoms with Crippen LogP contribution in [0.15, 0.2) is 48.5 Å². The molecule has 2 amide bonds. The second kappa shape index (κ2) is 8.88. The van der Waals surface area contributed by atoms with Gasteiger partial charge in [0.2, 0.25) is 0 Å². The molecule has 0 atom stereocenters. The molecule has 1 saturated heterocycles. The van der Waals surface area contributed by atoms with Gasteiger partial charge in [0.15, 0.2) is 0 Å². The van der Waals surface area contributed by atoms with E-state index in [1.807, 2.05) is 29.2 Å². The SMILES string of the molecule is COC(=O)c1ccc(CN(C(=O)N2CCNCC2)c2cccc(Cl)c2)cc1. The minimum Gasteiger partial charge on any atom is -0.465 e. The van der Waals surface area contributed by atoms with Gasteiger partial charge in [-0.1, -0.05) is 29.8 Å². The first-order valence-corrected chi connectivity index (χ1v) is 9.16. The molecule has 6 nitrogen and oxygen atoms in total. The van der Waals surface area contributed by atoms with Crippen LogP contribution in [0.25, 0.3) is 0 Å². The maximum Gasteiger partial charge on any atom is 0.337 e. The number of esters is 1. The number of piperazine rings is 1. The smallest absolute Gasteiger partial charge is 0.337 e. The minimum atomic E-state index is -0.384. The number of anilines is 1. The molecule has 0 aromatic heterocycles. The molecule has 0 aliphatic carbocycles. The van der Waals surface area contributed by atoms with E-state index >= 15 is 0 Å². The molecular formula is C20H22ClN3O3. The number of carbonyl (C=O) groups is 2. The fourth-order valence-corrected chi connectivity index (χ4v) is 3.17. The van der Waals surface area contributed by atoms with Crippen LogP contribution in [0.1, 0.15) is 15.9 Å². The van der Waals surface area contributed by atoms with Gasteiger partial charge in [-0.05, 0) is 35.9 Å². The zero-order chi connectivity index (χ0) is 19.2. The standard InChI is InChI=1S/C20H22ClN3O3/c1-27-19(25)16-7-5-15(6-8-16)14-24(18-4-2-3-17(21)13-18)20(26)23-11-9-22-10-12-23/h2-8,13,22H,9-12,14H2,1H3. The molecule has 7 heteroatoms. The molecule has 1 N–H and O–H groups in total. The number of rotatable bonds is 4.